The van der Waals surface area contributed by atoms with Gasteiger partial charge >= 0.3 is 0 Å². The van der Waals surface area contributed by atoms with Crippen molar-refractivity contribution in [2.45, 2.75) is 13.1 Å². The molecule has 2 amide bonds. The molecule has 150 valence electrons. The lowest BCUT2D eigenvalue weighted by atomic mass is 10.1. The van der Waals surface area contributed by atoms with E-state index in [1.165, 1.54) is 0 Å². The lowest BCUT2D eigenvalue weighted by Gasteiger charge is -2.13. The summed E-state index contributed by atoms with van der Waals surface area (Å²) in [7, 11) is 1.69. The fraction of sp³-hybridized carbons (Fsp3) is 0.211. The quantitative estimate of drug-likeness (QED) is 0.257. The molecule has 2 rings (SSSR count). The minimum absolute atomic E-state index is 0. The molecule has 0 aliphatic carbocycles. The number of primary amides is 1. The normalized spacial score (nSPS) is 10.6. The van der Waals surface area contributed by atoms with Crippen molar-refractivity contribution in [3.8, 4) is 0 Å². The molecule has 0 heterocycles. The van der Waals surface area contributed by atoms with Crippen molar-refractivity contribution in [1.82, 2.24) is 16.0 Å². The van der Waals surface area contributed by atoms with Crippen LogP contribution in [-0.2, 0) is 17.9 Å². The first-order valence-corrected chi connectivity index (χ1v) is 8.70. The second-order valence-corrected chi connectivity index (χ2v) is 6.12. The number of hydrogen-bond acceptors (Lipinski definition) is 3. The number of rotatable bonds is 7. The van der Waals surface area contributed by atoms with Crippen LogP contribution in [0, 0.1) is 0 Å². The average molecular weight is 516 g/mol. The maximum atomic E-state index is 11.8. The first-order valence-electron chi connectivity index (χ1n) is 8.33. The molecule has 7 nitrogen and oxygen atoms in total. The van der Waals surface area contributed by atoms with E-state index in [1.54, 1.807) is 19.2 Å². The van der Waals surface area contributed by atoms with Crippen LogP contribution in [0.2, 0.25) is 5.02 Å². The fourth-order valence-electron chi connectivity index (χ4n) is 2.27. The summed E-state index contributed by atoms with van der Waals surface area (Å²) in [6.45, 7) is 0.902. The third-order valence-electron chi connectivity index (χ3n) is 3.73. The average Bonchev–Trinajstić information content (AvgIpc) is 2.68. The molecule has 9 heteroatoms. The van der Waals surface area contributed by atoms with E-state index in [1.807, 2.05) is 36.4 Å². The van der Waals surface area contributed by atoms with Crippen molar-refractivity contribution < 1.29 is 9.59 Å². The molecule has 0 radical (unpaired) electrons. The van der Waals surface area contributed by atoms with Crippen LogP contribution in [0.25, 0.3) is 0 Å². The van der Waals surface area contributed by atoms with E-state index in [4.69, 9.17) is 17.3 Å². The van der Waals surface area contributed by atoms with Gasteiger partial charge in [0.05, 0.1) is 6.54 Å². The Hall–Kier alpha value is -2.33. The van der Waals surface area contributed by atoms with Crippen LogP contribution >= 0.6 is 35.6 Å². The third-order valence-corrected chi connectivity index (χ3v) is 4.10. The van der Waals surface area contributed by atoms with E-state index in [2.05, 4.69) is 20.9 Å². The molecule has 0 aliphatic rings. The Kier molecular flexibility index (Phi) is 10.3. The zero-order valence-electron chi connectivity index (χ0n) is 15.4. The van der Waals surface area contributed by atoms with Crippen molar-refractivity contribution in [2.24, 2.45) is 10.7 Å². The molecule has 0 bridgehead atoms. The number of nitrogens with two attached hydrogens (primary N) is 1. The summed E-state index contributed by atoms with van der Waals surface area (Å²) in [5, 5.41) is 9.54. The minimum Gasteiger partial charge on any atom is -0.368 e. The smallest absolute Gasteiger partial charge is 0.251 e. The monoisotopic (exact) mass is 515 g/mol. The number of carbonyl (C=O) groups excluding carboxylic acids is 2. The van der Waals surface area contributed by atoms with Gasteiger partial charge in [-0.05, 0) is 29.3 Å². The van der Waals surface area contributed by atoms with Crippen molar-refractivity contribution in [2.75, 3.05) is 13.6 Å². The molecular weight excluding hydrogens is 493 g/mol. The van der Waals surface area contributed by atoms with Gasteiger partial charge in [-0.15, -0.1) is 24.0 Å². The number of carbonyl (C=O) groups is 2. The number of hydrogen-bond donors (Lipinski definition) is 4. The number of guanidine groups is 1. The summed E-state index contributed by atoms with van der Waals surface area (Å²) in [4.78, 5) is 26.7. The molecule has 0 fully saturated rings. The summed E-state index contributed by atoms with van der Waals surface area (Å²) in [6, 6.07) is 14.6. The Labute approximate surface area is 186 Å². The molecule has 0 saturated heterocycles. The second-order valence-electron chi connectivity index (χ2n) is 5.72. The lowest BCUT2D eigenvalue weighted by molar-refractivity contribution is -0.117. The zero-order valence-corrected chi connectivity index (χ0v) is 18.5. The maximum absolute atomic E-state index is 11.8. The molecule has 2 aromatic carbocycles. The molecule has 0 atom stereocenters. The summed E-state index contributed by atoms with van der Waals surface area (Å²) >= 11 is 6.15. The molecule has 0 unspecified atom stereocenters. The van der Waals surface area contributed by atoms with E-state index >= 15 is 0 Å². The van der Waals surface area contributed by atoms with Gasteiger partial charge in [0.25, 0.3) is 5.91 Å². The van der Waals surface area contributed by atoms with Gasteiger partial charge in [-0.2, -0.15) is 0 Å². The van der Waals surface area contributed by atoms with Crippen LogP contribution in [-0.4, -0.2) is 31.4 Å². The van der Waals surface area contributed by atoms with Gasteiger partial charge in [-0.25, -0.2) is 0 Å². The van der Waals surface area contributed by atoms with Crippen LogP contribution in [0.1, 0.15) is 21.5 Å². The molecule has 0 aromatic heterocycles. The summed E-state index contributed by atoms with van der Waals surface area (Å²) in [6.07, 6.45) is 0. The maximum Gasteiger partial charge on any atom is 0.251 e. The largest absolute Gasteiger partial charge is 0.368 e. The number of benzene rings is 2. The van der Waals surface area contributed by atoms with Gasteiger partial charge in [0.1, 0.15) is 0 Å². The van der Waals surface area contributed by atoms with Crippen molar-refractivity contribution in [1.29, 1.82) is 0 Å². The van der Waals surface area contributed by atoms with Gasteiger partial charge in [0.15, 0.2) is 5.96 Å². The Morgan fingerprint density at radius 1 is 1.00 bits per heavy atom. The first-order chi connectivity index (χ1) is 13.0. The molecular formula is C19H23ClIN5O2. The van der Waals surface area contributed by atoms with Crippen molar-refractivity contribution in [3.05, 3.63) is 70.2 Å². The van der Waals surface area contributed by atoms with Crippen molar-refractivity contribution >= 4 is 53.4 Å². The zero-order chi connectivity index (χ0) is 19.6. The molecule has 0 aliphatic heterocycles. The SMILES string of the molecule is CN=C(NCc1ccc(C(=O)NCC(N)=O)cc1)NCc1ccccc1Cl.I. The Morgan fingerprint density at radius 3 is 2.25 bits per heavy atom. The van der Waals surface area contributed by atoms with E-state index in [-0.39, 0.29) is 36.4 Å². The highest BCUT2D eigenvalue weighted by Gasteiger charge is 2.07. The lowest BCUT2D eigenvalue weighted by Crippen LogP contribution is -2.36. The van der Waals surface area contributed by atoms with E-state index in [9.17, 15) is 9.59 Å². The highest BCUT2D eigenvalue weighted by molar-refractivity contribution is 14.0. The molecule has 0 spiro atoms. The third kappa shape index (κ3) is 7.73. The van der Waals surface area contributed by atoms with Gasteiger partial charge in [-0.1, -0.05) is 41.9 Å². The number of halogens is 2. The fourth-order valence-corrected chi connectivity index (χ4v) is 2.47. The molecule has 28 heavy (non-hydrogen) atoms. The molecule has 5 N–H and O–H groups in total. The first kappa shape index (κ1) is 23.7. The Bertz CT molecular complexity index is 827. The second kappa shape index (κ2) is 12.2. The van der Waals surface area contributed by atoms with Crippen molar-refractivity contribution in [3.63, 3.8) is 0 Å². The molecule has 2 aromatic rings. The highest BCUT2D eigenvalue weighted by Crippen LogP contribution is 2.14. The highest BCUT2D eigenvalue weighted by atomic mass is 127. The number of nitrogens with one attached hydrogen (secondary N) is 3. The predicted octanol–water partition coefficient (Wildman–Crippen LogP) is 2.04. The predicted molar refractivity (Wildman–Crippen MR) is 122 cm³/mol. The van der Waals surface area contributed by atoms with E-state index in [0.29, 0.717) is 29.6 Å². The Balaban J connectivity index is 0.00000392. The van der Waals surface area contributed by atoms with Crippen LogP contribution in [0.3, 0.4) is 0 Å². The van der Waals surface area contributed by atoms with Crippen LogP contribution < -0.4 is 21.7 Å². The van der Waals surface area contributed by atoms with Gasteiger partial charge < -0.3 is 21.7 Å². The molecule has 0 saturated carbocycles. The van der Waals surface area contributed by atoms with Gasteiger partial charge in [-0.3, -0.25) is 14.6 Å². The Morgan fingerprint density at radius 2 is 1.64 bits per heavy atom. The van der Waals surface area contributed by atoms with Crippen LogP contribution in [0.15, 0.2) is 53.5 Å². The number of aliphatic imine (C=N–C) groups is 1. The van der Waals surface area contributed by atoms with Gasteiger partial charge in [0.2, 0.25) is 5.91 Å². The summed E-state index contributed by atoms with van der Waals surface area (Å²) < 4.78 is 0. The summed E-state index contributed by atoms with van der Waals surface area (Å²) in [5.41, 5.74) is 7.42. The topological polar surface area (TPSA) is 109 Å². The minimum atomic E-state index is -0.583. The van der Waals surface area contributed by atoms with Crippen LogP contribution in [0.5, 0.6) is 0 Å². The van der Waals surface area contributed by atoms with Crippen LogP contribution in [0.4, 0.5) is 0 Å². The number of nitrogens with zero attached hydrogens (tertiary/aromatic N) is 1. The van der Waals surface area contributed by atoms with Gasteiger partial charge in [0, 0.05) is 30.7 Å². The van der Waals surface area contributed by atoms with E-state index in [0.717, 1.165) is 11.1 Å². The van der Waals surface area contributed by atoms with E-state index < -0.39 is 5.91 Å². The summed E-state index contributed by atoms with van der Waals surface area (Å²) in [5.74, 6) is -0.288. The standard InChI is InChI=1S/C19H22ClN5O2.HI/c1-22-19(25-11-15-4-2-3-5-16(15)20)24-10-13-6-8-14(9-7-13)18(27)23-12-17(21)26;/h2-9H,10-12H2,1H3,(H2,21,26)(H,23,27)(H2,22,24,25);1H. The number of amides is 2.